The van der Waals surface area contributed by atoms with E-state index in [0.717, 1.165) is 22.6 Å². The van der Waals surface area contributed by atoms with Crippen molar-refractivity contribution in [2.45, 2.75) is 26.2 Å². The summed E-state index contributed by atoms with van der Waals surface area (Å²) < 4.78 is 2.47. The van der Waals surface area contributed by atoms with Crippen molar-refractivity contribution in [3.05, 3.63) is 315 Å². The van der Waals surface area contributed by atoms with Crippen LogP contribution in [-0.2, 0) is 5.41 Å². The van der Waals surface area contributed by atoms with Gasteiger partial charge in [-0.2, -0.15) is 0 Å². The van der Waals surface area contributed by atoms with E-state index in [4.69, 9.17) is 0 Å². The molecule has 88 heavy (non-hydrogen) atoms. The van der Waals surface area contributed by atoms with Crippen LogP contribution in [0.2, 0.25) is 0 Å². The Kier molecular flexibility index (Phi) is 11.9. The highest BCUT2D eigenvalue weighted by Gasteiger charge is 2.44. The fourth-order valence-corrected chi connectivity index (χ4v) is 14.5. The molecule has 0 saturated heterocycles. The Bertz CT molecular complexity index is 5170. The first-order chi connectivity index (χ1) is 43.3. The lowest BCUT2D eigenvalue weighted by atomic mass is 9.33. The van der Waals surface area contributed by atoms with Gasteiger partial charge in [0.15, 0.2) is 0 Å². The monoisotopic (exact) mass is 1120 g/mol. The molecular formula is C84H60BN3. The predicted molar refractivity (Wildman–Crippen MR) is 376 cm³/mol. The van der Waals surface area contributed by atoms with Crippen LogP contribution < -0.4 is 26.2 Å². The molecule has 0 fully saturated rings. The smallest absolute Gasteiger partial charge is 0.252 e. The van der Waals surface area contributed by atoms with Crippen molar-refractivity contribution in [2.75, 3.05) is 9.80 Å². The van der Waals surface area contributed by atoms with Crippen LogP contribution in [0.25, 0.3) is 105 Å². The van der Waals surface area contributed by atoms with Gasteiger partial charge < -0.3 is 14.4 Å². The van der Waals surface area contributed by atoms with E-state index in [-0.39, 0.29) is 12.1 Å². The van der Waals surface area contributed by atoms with Gasteiger partial charge in [0.05, 0.1) is 11.0 Å². The minimum atomic E-state index is -0.204. The molecule has 0 aliphatic carbocycles. The van der Waals surface area contributed by atoms with Crippen LogP contribution in [0.5, 0.6) is 0 Å². The standard InChI is InChI=1S/C84H60BN3/c1-84(2,3)63-52-79-83-80(53-63)87(65-44-38-58(39-45-65)56-24-10-5-11-25-56)78-54-66(88-75-34-20-18-30-67(75)68-31-19-21-35-76(68)88)46-49-74(78)85(83)73-48-41-62(51-77(73)86(79)64-42-36-57(37-43-64)55-22-8-4-9-23-55)61-40-47-71-72(50-61)82(60-28-14-7-15-29-60)70-33-17-16-32-69(70)81(71)59-26-12-6-13-27-59/h4-54H,1-3H3. The van der Waals surface area contributed by atoms with Gasteiger partial charge in [0.2, 0.25) is 0 Å². The lowest BCUT2D eigenvalue weighted by Gasteiger charge is -2.45. The second kappa shape index (κ2) is 20.4. The predicted octanol–water partition coefficient (Wildman–Crippen LogP) is 20.8. The van der Waals surface area contributed by atoms with Crippen LogP contribution in [0.3, 0.4) is 0 Å². The Morgan fingerprint density at radius 1 is 0.261 bits per heavy atom. The van der Waals surface area contributed by atoms with Crippen LogP contribution in [0.15, 0.2) is 309 Å². The van der Waals surface area contributed by atoms with E-state index < -0.39 is 0 Å². The topological polar surface area (TPSA) is 11.4 Å². The fourth-order valence-electron chi connectivity index (χ4n) is 14.5. The average Bonchev–Trinajstić information content (AvgIpc) is 0.791. The molecule has 0 saturated carbocycles. The average molecular weight is 1120 g/mol. The molecule has 2 aliphatic rings. The van der Waals surface area contributed by atoms with Crippen LogP contribution in [0, 0.1) is 0 Å². The second-order valence-electron chi connectivity index (χ2n) is 24.8. The first kappa shape index (κ1) is 51.5. The molecule has 0 unspecified atom stereocenters. The Morgan fingerprint density at radius 3 is 1.12 bits per heavy atom. The number of fused-ring (bicyclic) bond motifs is 9. The molecule has 0 bridgehead atoms. The Morgan fingerprint density at radius 2 is 0.625 bits per heavy atom. The van der Waals surface area contributed by atoms with Gasteiger partial charge in [-0.05, 0) is 177 Å². The zero-order chi connectivity index (χ0) is 58.6. The van der Waals surface area contributed by atoms with Crippen LogP contribution >= 0.6 is 0 Å². The van der Waals surface area contributed by atoms with Crippen molar-refractivity contribution in [1.29, 1.82) is 0 Å². The van der Waals surface area contributed by atoms with Crippen LogP contribution in [0.4, 0.5) is 34.1 Å². The third-order valence-corrected chi connectivity index (χ3v) is 18.7. The third kappa shape index (κ3) is 8.28. The number of hydrogen-bond donors (Lipinski definition) is 0. The van der Waals surface area contributed by atoms with E-state index in [1.807, 2.05) is 0 Å². The van der Waals surface area contributed by atoms with E-state index >= 15 is 0 Å². The van der Waals surface area contributed by atoms with Crippen molar-refractivity contribution in [3.8, 4) is 61.3 Å². The number of rotatable bonds is 8. The zero-order valence-corrected chi connectivity index (χ0v) is 49.4. The van der Waals surface area contributed by atoms with Gasteiger partial charge >= 0.3 is 0 Å². The van der Waals surface area contributed by atoms with Gasteiger partial charge in [0.25, 0.3) is 6.71 Å². The third-order valence-electron chi connectivity index (χ3n) is 18.7. The highest BCUT2D eigenvalue weighted by Crippen LogP contribution is 2.50. The Hall–Kier alpha value is -10.9. The van der Waals surface area contributed by atoms with Crippen molar-refractivity contribution >= 4 is 101 Å². The minimum absolute atomic E-state index is 0.106. The van der Waals surface area contributed by atoms with Crippen molar-refractivity contribution in [1.82, 2.24) is 4.57 Å². The maximum atomic E-state index is 2.59. The van der Waals surface area contributed by atoms with Crippen molar-refractivity contribution in [3.63, 3.8) is 0 Å². The molecule has 4 heteroatoms. The zero-order valence-electron chi connectivity index (χ0n) is 49.4. The van der Waals surface area contributed by atoms with Gasteiger partial charge in [-0.3, -0.25) is 0 Å². The van der Waals surface area contributed by atoms with Gasteiger partial charge in [0.1, 0.15) is 0 Å². The SMILES string of the molecule is CC(C)(C)c1cc2c3c(c1)N(c1ccc(-c4ccccc4)cc1)c1cc(-n4c5ccccc5c5ccccc54)ccc1B3c1ccc(-c3ccc4c(-c5ccccc5)c5ccccc5c(-c5ccccc5)c4c3)cc1N2c1ccc(-c2ccccc2)cc1. The maximum Gasteiger partial charge on any atom is 0.252 e. The summed E-state index contributed by atoms with van der Waals surface area (Å²) in [6.45, 7) is 6.97. The second-order valence-corrected chi connectivity index (χ2v) is 24.8. The largest absolute Gasteiger partial charge is 0.311 e. The number of hydrogen-bond acceptors (Lipinski definition) is 2. The first-order valence-electron chi connectivity index (χ1n) is 30.8. The van der Waals surface area contributed by atoms with E-state index in [9.17, 15) is 0 Å². The molecule has 15 aromatic rings. The van der Waals surface area contributed by atoms with E-state index in [0.29, 0.717) is 0 Å². The molecule has 0 N–H and O–H groups in total. The van der Waals surface area contributed by atoms with Gasteiger partial charge in [-0.1, -0.05) is 257 Å². The molecule has 17 rings (SSSR count). The quantitative estimate of drug-likeness (QED) is 0.111. The molecule has 2 aliphatic heterocycles. The van der Waals surface area contributed by atoms with Crippen LogP contribution in [-0.4, -0.2) is 11.3 Å². The Labute approximate surface area is 514 Å². The molecule has 3 heterocycles. The number of anilines is 6. The molecule has 0 amide bonds. The van der Waals surface area contributed by atoms with Crippen LogP contribution in [0.1, 0.15) is 26.3 Å². The molecule has 0 atom stereocenters. The van der Waals surface area contributed by atoms with E-state index in [1.165, 1.54) is 138 Å². The molecule has 3 nitrogen and oxygen atoms in total. The first-order valence-corrected chi connectivity index (χ1v) is 30.8. The summed E-state index contributed by atoms with van der Waals surface area (Å²) in [5, 5.41) is 7.45. The lowest BCUT2D eigenvalue weighted by molar-refractivity contribution is 0.590. The molecule has 414 valence electrons. The normalized spacial score (nSPS) is 12.6. The highest BCUT2D eigenvalue weighted by molar-refractivity contribution is 7.00. The Balaban J connectivity index is 0.933. The minimum Gasteiger partial charge on any atom is -0.311 e. The summed E-state index contributed by atoms with van der Waals surface area (Å²) in [7, 11) is 0. The maximum absolute atomic E-state index is 2.59. The fraction of sp³-hybridized carbons (Fsp3) is 0.0476. The summed E-state index contributed by atoms with van der Waals surface area (Å²) in [5.74, 6) is 0. The summed E-state index contributed by atoms with van der Waals surface area (Å²) in [6.07, 6.45) is 0. The highest BCUT2D eigenvalue weighted by atomic mass is 15.2. The van der Waals surface area contributed by atoms with Gasteiger partial charge in [-0.25, -0.2) is 0 Å². The molecule has 0 spiro atoms. The van der Waals surface area contributed by atoms with E-state index in [2.05, 4.69) is 345 Å². The molecule has 1 aromatic heterocycles. The number of nitrogens with zero attached hydrogens (tertiary/aromatic N) is 3. The molecular weight excluding hydrogens is 1060 g/mol. The van der Waals surface area contributed by atoms with Crippen molar-refractivity contribution < 1.29 is 0 Å². The summed E-state index contributed by atoms with van der Waals surface area (Å²) in [5.41, 5.74) is 27.4. The molecule has 0 radical (unpaired) electrons. The molecule has 14 aromatic carbocycles. The lowest BCUT2D eigenvalue weighted by Crippen LogP contribution is -2.61. The number of para-hydroxylation sites is 2. The number of aromatic nitrogens is 1. The summed E-state index contributed by atoms with van der Waals surface area (Å²) >= 11 is 0. The van der Waals surface area contributed by atoms with Gasteiger partial charge in [-0.15, -0.1) is 0 Å². The summed E-state index contributed by atoms with van der Waals surface area (Å²) in [6, 6.07) is 116. The van der Waals surface area contributed by atoms with Gasteiger partial charge in [0, 0.05) is 50.6 Å². The van der Waals surface area contributed by atoms with Crippen molar-refractivity contribution in [2.24, 2.45) is 0 Å². The van der Waals surface area contributed by atoms with E-state index in [1.54, 1.807) is 0 Å². The number of benzene rings is 14. The summed E-state index contributed by atoms with van der Waals surface area (Å²) in [4.78, 5) is 5.17.